The number of nitrogens with zero attached hydrogens (tertiary/aromatic N) is 3. The summed E-state index contributed by atoms with van der Waals surface area (Å²) >= 11 is 1.11. The van der Waals surface area contributed by atoms with E-state index in [-0.39, 0.29) is 5.75 Å². The highest BCUT2D eigenvalue weighted by Gasteiger charge is 2.16. The number of rotatable bonds is 5. The van der Waals surface area contributed by atoms with Gasteiger partial charge in [-0.3, -0.25) is 4.79 Å². The number of anilines is 1. The van der Waals surface area contributed by atoms with Crippen LogP contribution >= 0.6 is 11.8 Å². The van der Waals surface area contributed by atoms with Crippen molar-refractivity contribution >= 4 is 23.4 Å². The Bertz CT molecular complexity index is 989. The molecule has 0 saturated heterocycles. The van der Waals surface area contributed by atoms with Gasteiger partial charge in [0.25, 0.3) is 0 Å². The topological polar surface area (TPSA) is 91.3 Å². The standard InChI is InChI=1S/C19H18N4O3S/c1-23-7-8-26-16-10-13(5-6-15(16)23)12-3-2-4-14(9-12)18-20-19(22-21-18)27-11-17(24)25/h2-6,9-10H,7-8,11H2,1H3,(H,24,25)(H,20,21,22). The van der Waals surface area contributed by atoms with Gasteiger partial charge < -0.3 is 19.7 Å². The minimum Gasteiger partial charge on any atom is -0.490 e. The predicted molar refractivity (Wildman–Crippen MR) is 104 cm³/mol. The van der Waals surface area contributed by atoms with Crippen LogP contribution in [0.1, 0.15) is 0 Å². The zero-order valence-corrected chi connectivity index (χ0v) is 15.5. The lowest BCUT2D eigenvalue weighted by Crippen LogP contribution is -2.28. The number of fused-ring (bicyclic) bond motifs is 1. The minimum absolute atomic E-state index is 0.0573. The number of aliphatic carboxylic acids is 1. The maximum atomic E-state index is 10.7. The molecular weight excluding hydrogens is 364 g/mol. The maximum Gasteiger partial charge on any atom is 0.313 e. The van der Waals surface area contributed by atoms with Crippen molar-refractivity contribution in [3.05, 3.63) is 42.5 Å². The first-order valence-corrected chi connectivity index (χ1v) is 9.45. The molecule has 0 spiro atoms. The van der Waals surface area contributed by atoms with E-state index in [1.54, 1.807) is 0 Å². The number of ether oxygens (including phenoxy) is 1. The van der Waals surface area contributed by atoms with Gasteiger partial charge in [0, 0.05) is 12.6 Å². The molecule has 0 amide bonds. The fraction of sp³-hybridized carbons (Fsp3) is 0.211. The number of carboxylic acid groups (broad SMARTS) is 1. The van der Waals surface area contributed by atoms with E-state index in [2.05, 4.69) is 45.3 Å². The van der Waals surface area contributed by atoms with Crippen molar-refractivity contribution in [3.8, 4) is 28.3 Å². The summed E-state index contributed by atoms with van der Waals surface area (Å²) in [6, 6.07) is 14.2. The molecule has 3 aromatic rings. The van der Waals surface area contributed by atoms with Crippen molar-refractivity contribution in [2.45, 2.75) is 5.16 Å². The summed E-state index contributed by atoms with van der Waals surface area (Å²) in [5.74, 6) is 0.552. The van der Waals surface area contributed by atoms with E-state index >= 15 is 0 Å². The van der Waals surface area contributed by atoms with E-state index in [9.17, 15) is 4.79 Å². The van der Waals surface area contributed by atoms with Crippen molar-refractivity contribution < 1.29 is 14.6 Å². The van der Waals surface area contributed by atoms with Crippen molar-refractivity contribution in [1.82, 2.24) is 15.2 Å². The number of carbonyl (C=O) groups is 1. The fourth-order valence-electron chi connectivity index (χ4n) is 2.96. The number of likely N-dealkylation sites (N-methyl/N-ethyl adjacent to an activating group) is 1. The number of hydrogen-bond acceptors (Lipinski definition) is 6. The number of thioether (sulfide) groups is 1. The van der Waals surface area contributed by atoms with Crippen LogP contribution in [0, 0.1) is 0 Å². The molecule has 1 aliphatic rings. The number of hydrogen-bond donors (Lipinski definition) is 2. The number of nitrogens with one attached hydrogen (secondary N) is 1. The molecule has 0 unspecified atom stereocenters. The smallest absolute Gasteiger partial charge is 0.313 e. The molecule has 0 radical (unpaired) electrons. The molecule has 0 fully saturated rings. The van der Waals surface area contributed by atoms with Crippen LogP contribution in [0.2, 0.25) is 0 Å². The highest BCUT2D eigenvalue weighted by molar-refractivity contribution is 7.99. The van der Waals surface area contributed by atoms with Crippen LogP contribution in [0.3, 0.4) is 0 Å². The number of H-pyrrole nitrogens is 1. The highest BCUT2D eigenvalue weighted by atomic mass is 32.2. The van der Waals surface area contributed by atoms with Gasteiger partial charge in [0.15, 0.2) is 11.0 Å². The summed E-state index contributed by atoms with van der Waals surface area (Å²) in [7, 11) is 2.06. The zero-order valence-electron chi connectivity index (χ0n) is 14.7. The molecular formula is C19H18N4O3S. The Labute approximate surface area is 160 Å². The monoisotopic (exact) mass is 382 g/mol. The van der Waals surface area contributed by atoms with Crippen LogP contribution < -0.4 is 9.64 Å². The SMILES string of the molecule is CN1CCOc2cc(-c3cccc(-c4nnc(SCC(=O)O)[nH]4)c3)ccc21. The van der Waals surface area contributed by atoms with Gasteiger partial charge in [-0.15, -0.1) is 10.2 Å². The molecule has 1 aliphatic heterocycles. The summed E-state index contributed by atoms with van der Waals surface area (Å²) in [6.45, 7) is 1.57. The van der Waals surface area contributed by atoms with Crippen molar-refractivity contribution in [2.75, 3.05) is 30.9 Å². The van der Waals surface area contributed by atoms with Crippen LogP contribution in [0.4, 0.5) is 5.69 Å². The normalized spacial score (nSPS) is 13.1. The number of carboxylic acids is 1. The molecule has 8 heteroatoms. The van der Waals surface area contributed by atoms with Gasteiger partial charge in [-0.25, -0.2) is 0 Å². The highest BCUT2D eigenvalue weighted by Crippen LogP contribution is 2.35. The molecule has 27 heavy (non-hydrogen) atoms. The summed E-state index contributed by atoms with van der Waals surface area (Å²) in [6.07, 6.45) is 0. The van der Waals surface area contributed by atoms with Crippen LogP contribution in [0.5, 0.6) is 5.75 Å². The molecule has 2 aromatic carbocycles. The van der Waals surface area contributed by atoms with E-state index < -0.39 is 5.97 Å². The molecule has 0 saturated carbocycles. The Kier molecular flexibility index (Phi) is 4.72. The molecule has 1 aromatic heterocycles. The summed E-state index contributed by atoms with van der Waals surface area (Å²) < 4.78 is 5.80. The van der Waals surface area contributed by atoms with Crippen LogP contribution in [0.15, 0.2) is 47.6 Å². The van der Waals surface area contributed by atoms with Crippen molar-refractivity contribution in [2.24, 2.45) is 0 Å². The van der Waals surface area contributed by atoms with Gasteiger partial charge in [-0.2, -0.15) is 0 Å². The fourth-order valence-corrected chi connectivity index (χ4v) is 3.48. The van der Waals surface area contributed by atoms with Crippen LogP contribution in [-0.4, -0.2) is 52.2 Å². The van der Waals surface area contributed by atoms with Gasteiger partial charge in [0.1, 0.15) is 12.4 Å². The van der Waals surface area contributed by atoms with Crippen LogP contribution in [-0.2, 0) is 4.79 Å². The summed E-state index contributed by atoms with van der Waals surface area (Å²) in [4.78, 5) is 15.9. The molecule has 138 valence electrons. The average Bonchev–Trinajstić information content (AvgIpc) is 3.16. The minimum atomic E-state index is -0.889. The molecule has 0 bridgehead atoms. The lowest BCUT2D eigenvalue weighted by molar-refractivity contribution is -0.133. The first-order valence-electron chi connectivity index (χ1n) is 8.46. The lowest BCUT2D eigenvalue weighted by Gasteiger charge is -2.28. The molecule has 2 N–H and O–H groups in total. The first-order chi connectivity index (χ1) is 13.1. The summed E-state index contributed by atoms with van der Waals surface area (Å²) in [5.41, 5.74) is 4.09. The van der Waals surface area contributed by atoms with Gasteiger partial charge >= 0.3 is 5.97 Å². The first kappa shape index (κ1) is 17.4. The zero-order chi connectivity index (χ0) is 18.8. The third-order valence-corrected chi connectivity index (χ3v) is 5.17. The third-order valence-electron chi connectivity index (χ3n) is 4.32. The molecule has 7 nitrogen and oxygen atoms in total. The number of benzene rings is 2. The van der Waals surface area contributed by atoms with Gasteiger partial charge in [-0.05, 0) is 29.3 Å². The van der Waals surface area contributed by atoms with Gasteiger partial charge in [0.05, 0.1) is 18.0 Å². The number of aromatic nitrogens is 3. The molecule has 4 rings (SSSR count). The third kappa shape index (κ3) is 3.75. The largest absolute Gasteiger partial charge is 0.490 e. The van der Waals surface area contributed by atoms with Crippen molar-refractivity contribution in [1.29, 1.82) is 0 Å². The average molecular weight is 382 g/mol. The van der Waals surface area contributed by atoms with Crippen LogP contribution in [0.25, 0.3) is 22.5 Å². The second-order valence-corrected chi connectivity index (χ2v) is 7.16. The maximum absolute atomic E-state index is 10.7. The van der Waals surface area contributed by atoms with Gasteiger partial charge in [-0.1, -0.05) is 36.0 Å². The molecule has 2 heterocycles. The van der Waals surface area contributed by atoms with Crippen molar-refractivity contribution in [3.63, 3.8) is 0 Å². The van der Waals surface area contributed by atoms with E-state index in [1.165, 1.54) is 0 Å². The van der Waals surface area contributed by atoms with E-state index in [0.29, 0.717) is 17.6 Å². The molecule has 0 atom stereocenters. The Morgan fingerprint density at radius 2 is 2.04 bits per heavy atom. The second-order valence-electron chi connectivity index (χ2n) is 6.19. The predicted octanol–water partition coefficient (Wildman–Crippen LogP) is 3.14. The lowest BCUT2D eigenvalue weighted by atomic mass is 10.0. The van der Waals surface area contributed by atoms with E-state index in [0.717, 1.165) is 46.4 Å². The Morgan fingerprint density at radius 1 is 1.22 bits per heavy atom. The Hall–Kier alpha value is -3.00. The second kappa shape index (κ2) is 7.32. The van der Waals surface area contributed by atoms with E-state index in [4.69, 9.17) is 9.84 Å². The van der Waals surface area contributed by atoms with E-state index in [1.807, 2.05) is 24.3 Å². The Balaban J connectivity index is 1.61. The van der Waals surface area contributed by atoms with Gasteiger partial charge in [0.2, 0.25) is 0 Å². The Morgan fingerprint density at radius 3 is 2.89 bits per heavy atom. The summed E-state index contributed by atoms with van der Waals surface area (Å²) in [5, 5.41) is 17.4. The quantitative estimate of drug-likeness (QED) is 0.655. The number of aromatic amines is 1. The molecule has 0 aliphatic carbocycles.